The van der Waals surface area contributed by atoms with Crippen molar-refractivity contribution in [2.45, 2.75) is 65.8 Å². The number of carbonyl (C=O) groups excluding carboxylic acids is 1. The molecule has 3 aromatic rings. The van der Waals surface area contributed by atoms with Crippen molar-refractivity contribution in [2.24, 2.45) is 10.8 Å². The molecule has 1 aliphatic heterocycles. The number of nitrogens with one attached hydrogen (secondary N) is 1. The zero-order valence-electron chi connectivity index (χ0n) is 24.5. The van der Waals surface area contributed by atoms with Crippen LogP contribution in [0.15, 0.2) is 48.5 Å². The standard InChI is InChI=1S/C35H41NO4/c1-22-13-28(40-21-34(4)19-39-20-34)14-23(2)33(22)29-8-6-7-25(24(29)3)18-36-27-9-10-30-26(15-27)17-35(11-12-35)31(30)16-32(37)38-5/h6-10,13-15,31,36H,11-12,16-21H2,1-5H3. The van der Waals surface area contributed by atoms with E-state index >= 15 is 0 Å². The maximum atomic E-state index is 12.1. The number of methoxy groups -OCH3 is 1. The lowest BCUT2D eigenvalue weighted by Crippen LogP contribution is -2.44. The van der Waals surface area contributed by atoms with Crippen molar-refractivity contribution in [3.05, 3.63) is 81.9 Å². The highest BCUT2D eigenvalue weighted by atomic mass is 16.5. The van der Waals surface area contributed by atoms with Crippen molar-refractivity contribution in [1.82, 2.24) is 0 Å². The van der Waals surface area contributed by atoms with Gasteiger partial charge in [-0.1, -0.05) is 31.2 Å². The smallest absolute Gasteiger partial charge is 0.306 e. The Labute approximate surface area is 238 Å². The summed E-state index contributed by atoms with van der Waals surface area (Å²) < 4.78 is 16.5. The van der Waals surface area contributed by atoms with Gasteiger partial charge in [0.1, 0.15) is 5.75 Å². The molecule has 0 aromatic heterocycles. The number of hydrogen-bond acceptors (Lipinski definition) is 5. The van der Waals surface area contributed by atoms with Gasteiger partial charge in [0.15, 0.2) is 0 Å². The molecular formula is C35H41NO4. The molecule has 1 unspecified atom stereocenters. The zero-order chi connectivity index (χ0) is 28.1. The second-order valence-electron chi connectivity index (χ2n) is 12.8. The van der Waals surface area contributed by atoms with Crippen molar-refractivity contribution in [3.8, 4) is 16.9 Å². The van der Waals surface area contributed by atoms with Gasteiger partial charge in [0.05, 0.1) is 33.4 Å². The third kappa shape index (κ3) is 5.01. The molecule has 5 heteroatoms. The second kappa shape index (κ2) is 10.3. The first-order valence-electron chi connectivity index (χ1n) is 14.5. The SMILES string of the molecule is COC(=O)CC1c2ccc(NCc3cccc(-c4c(C)cc(OCC5(C)COC5)cc4C)c3C)cc2CC12CC2. The molecule has 5 nitrogen and oxygen atoms in total. The lowest BCUT2D eigenvalue weighted by atomic mass is 9.87. The number of benzene rings is 3. The molecule has 3 aliphatic rings. The number of ether oxygens (including phenoxy) is 3. The highest BCUT2D eigenvalue weighted by molar-refractivity contribution is 5.76. The molecule has 2 aliphatic carbocycles. The van der Waals surface area contributed by atoms with Gasteiger partial charge in [-0.25, -0.2) is 0 Å². The highest BCUT2D eigenvalue weighted by Crippen LogP contribution is 2.64. The van der Waals surface area contributed by atoms with Gasteiger partial charge in [-0.2, -0.15) is 0 Å². The van der Waals surface area contributed by atoms with E-state index in [1.54, 1.807) is 0 Å². The minimum absolute atomic E-state index is 0.104. The molecule has 1 heterocycles. The van der Waals surface area contributed by atoms with Crippen LogP contribution in [0.5, 0.6) is 5.75 Å². The zero-order valence-corrected chi connectivity index (χ0v) is 24.5. The molecule has 1 atom stereocenters. The average Bonchev–Trinajstić information content (AvgIpc) is 3.63. The molecule has 40 heavy (non-hydrogen) atoms. The van der Waals surface area contributed by atoms with Gasteiger partial charge in [0.2, 0.25) is 0 Å². The molecule has 210 valence electrons. The third-order valence-corrected chi connectivity index (χ3v) is 9.48. The fraction of sp³-hybridized carbons (Fsp3) is 0.457. The molecule has 1 N–H and O–H groups in total. The van der Waals surface area contributed by atoms with E-state index in [2.05, 4.69) is 81.5 Å². The van der Waals surface area contributed by atoms with Crippen molar-refractivity contribution < 1.29 is 19.0 Å². The minimum atomic E-state index is -0.104. The lowest BCUT2D eigenvalue weighted by Gasteiger charge is -2.37. The fourth-order valence-corrected chi connectivity index (χ4v) is 6.87. The van der Waals surface area contributed by atoms with Gasteiger partial charge >= 0.3 is 5.97 Å². The fourth-order valence-electron chi connectivity index (χ4n) is 6.87. The molecule has 0 amide bonds. The molecule has 0 bridgehead atoms. The maximum absolute atomic E-state index is 12.1. The van der Waals surface area contributed by atoms with Crippen LogP contribution < -0.4 is 10.1 Å². The summed E-state index contributed by atoms with van der Waals surface area (Å²) in [6.45, 7) is 11.8. The molecule has 2 fully saturated rings. The van der Waals surface area contributed by atoms with Crippen LogP contribution >= 0.6 is 0 Å². The number of fused-ring (bicyclic) bond motifs is 1. The lowest BCUT2D eigenvalue weighted by molar-refractivity contribution is -0.141. The topological polar surface area (TPSA) is 56.8 Å². The Morgan fingerprint density at radius 3 is 2.45 bits per heavy atom. The van der Waals surface area contributed by atoms with Crippen LogP contribution in [-0.4, -0.2) is 32.9 Å². The summed E-state index contributed by atoms with van der Waals surface area (Å²) in [6.07, 6.45) is 3.97. The quantitative estimate of drug-likeness (QED) is 0.289. The predicted molar refractivity (Wildman–Crippen MR) is 159 cm³/mol. The summed E-state index contributed by atoms with van der Waals surface area (Å²) in [5, 5.41) is 3.68. The number of esters is 1. The van der Waals surface area contributed by atoms with Crippen LogP contribution in [0.2, 0.25) is 0 Å². The number of rotatable bonds is 9. The molecule has 1 saturated carbocycles. The van der Waals surface area contributed by atoms with Gasteiger partial charge in [0.25, 0.3) is 0 Å². The Kier molecular flexibility index (Phi) is 6.90. The maximum Gasteiger partial charge on any atom is 0.306 e. The Morgan fingerprint density at radius 1 is 1.05 bits per heavy atom. The van der Waals surface area contributed by atoms with E-state index in [1.165, 1.54) is 64.5 Å². The molecule has 6 rings (SSSR count). The van der Waals surface area contributed by atoms with Crippen molar-refractivity contribution in [1.29, 1.82) is 0 Å². The highest BCUT2D eigenvalue weighted by Gasteiger charge is 2.54. The first kappa shape index (κ1) is 26.9. The number of carbonyl (C=O) groups is 1. The van der Waals surface area contributed by atoms with Gasteiger partial charge in [-0.15, -0.1) is 0 Å². The van der Waals surface area contributed by atoms with Crippen LogP contribution in [0, 0.1) is 31.6 Å². The Hall–Kier alpha value is -3.31. The summed E-state index contributed by atoms with van der Waals surface area (Å²) in [7, 11) is 1.49. The van der Waals surface area contributed by atoms with E-state index in [0.29, 0.717) is 18.9 Å². The first-order chi connectivity index (χ1) is 19.2. The van der Waals surface area contributed by atoms with Gasteiger partial charge in [0, 0.05) is 23.6 Å². The molecular weight excluding hydrogens is 498 g/mol. The number of hydrogen-bond donors (Lipinski definition) is 1. The normalized spacial score (nSPS) is 19.6. The molecule has 0 radical (unpaired) electrons. The van der Waals surface area contributed by atoms with E-state index in [4.69, 9.17) is 14.2 Å². The monoisotopic (exact) mass is 539 g/mol. The number of aryl methyl sites for hydroxylation is 2. The van der Waals surface area contributed by atoms with Crippen LogP contribution in [0.1, 0.15) is 65.5 Å². The third-order valence-electron chi connectivity index (χ3n) is 9.48. The van der Waals surface area contributed by atoms with Crippen LogP contribution in [0.4, 0.5) is 5.69 Å². The molecule has 1 spiro atoms. The van der Waals surface area contributed by atoms with E-state index < -0.39 is 0 Å². The van der Waals surface area contributed by atoms with E-state index in [1.807, 2.05) is 0 Å². The molecule has 1 saturated heterocycles. The van der Waals surface area contributed by atoms with E-state index in [0.717, 1.165) is 37.6 Å². The summed E-state index contributed by atoms with van der Waals surface area (Å²) >= 11 is 0. The van der Waals surface area contributed by atoms with Crippen molar-refractivity contribution in [2.75, 3.05) is 32.2 Å². The van der Waals surface area contributed by atoms with Gasteiger partial charge < -0.3 is 19.5 Å². The first-order valence-corrected chi connectivity index (χ1v) is 14.5. The van der Waals surface area contributed by atoms with Gasteiger partial charge in [-0.05, 0) is 114 Å². The summed E-state index contributed by atoms with van der Waals surface area (Å²) in [5.74, 6) is 1.12. The van der Waals surface area contributed by atoms with E-state index in [-0.39, 0.29) is 16.8 Å². The Bertz CT molecular complexity index is 1430. The Balaban J connectivity index is 1.17. The average molecular weight is 540 g/mol. The summed E-state index contributed by atoms with van der Waals surface area (Å²) in [4.78, 5) is 12.1. The van der Waals surface area contributed by atoms with Gasteiger partial charge in [-0.3, -0.25) is 4.79 Å². The van der Waals surface area contributed by atoms with Crippen LogP contribution in [-0.2, 0) is 27.2 Å². The molecule has 3 aromatic carbocycles. The van der Waals surface area contributed by atoms with Crippen molar-refractivity contribution in [3.63, 3.8) is 0 Å². The van der Waals surface area contributed by atoms with Crippen molar-refractivity contribution >= 4 is 11.7 Å². The predicted octanol–water partition coefficient (Wildman–Crippen LogP) is 7.29. The number of anilines is 1. The van der Waals surface area contributed by atoms with Crippen LogP contribution in [0.3, 0.4) is 0 Å². The van der Waals surface area contributed by atoms with Crippen LogP contribution in [0.25, 0.3) is 11.1 Å². The largest absolute Gasteiger partial charge is 0.493 e. The van der Waals surface area contributed by atoms with E-state index in [9.17, 15) is 4.79 Å². The Morgan fingerprint density at radius 2 is 1.80 bits per heavy atom. The summed E-state index contributed by atoms with van der Waals surface area (Å²) in [6, 6.07) is 17.7. The minimum Gasteiger partial charge on any atom is -0.493 e. The summed E-state index contributed by atoms with van der Waals surface area (Å²) in [5.41, 5.74) is 11.9. The second-order valence-corrected chi connectivity index (χ2v) is 12.8.